The van der Waals surface area contributed by atoms with Crippen molar-refractivity contribution in [1.82, 2.24) is 9.36 Å². The first-order chi connectivity index (χ1) is 11.7. The van der Waals surface area contributed by atoms with Crippen molar-refractivity contribution >= 4 is 22.5 Å². The van der Waals surface area contributed by atoms with Crippen LogP contribution in [0.2, 0.25) is 5.02 Å². The Bertz CT molecular complexity index is 1050. The molecule has 0 amide bonds. The van der Waals surface area contributed by atoms with Crippen molar-refractivity contribution in [2.45, 2.75) is 6.54 Å². The summed E-state index contributed by atoms with van der Waals surface area (Å²) in [6.45, 7) is 0.617. The number of hydrogen-bond donors (Lipinski definition) is 0. The molecule has 24 heavy (non-hydrogen) atoms. The lowest BCUT2D eigenvalue weighted by Gasteiger charge is -2.13. The number of aromatic nitrogens is 2. The molecule has 0 bridgehead atoms. The van der Waals surface area contributed by atoms with E-state index in [-0.39, 0.29) is 5.56 Å². The van der Waals surface area contributed by atoms with Gasteiger partial charge >= 0.3 is 0 Å². The molecule has 0 aliphatic heterocycles. The van der Waals surface area contributed by atoms with Crippen LogP contribution in [0.4, 0.5) is 0 Å². The molecule has 0 aliphatic rings. The van der Waals surface area contributed by atoms with Gasteiger partial charge in [0.05, 0.1) is 23.1 Å². The van der Waals surface area contributed by atoms with Gasteiger partial charge in [0.15, 0.2) is 0 Å². The summed E-state index contributed by atoms with van der Waals surface area (Å²) in [5.41, 5.74) is 2.84. The van der Waals surface area contributed by atoms with Crippen molar-refractivity contribution in [2.75, 3.05) is 0 Å². The fraction of sp³-hybridized carbons (Fsp3) is 0.0500. The highest BCUT2D eigenvalue weighted by atomic mass is 35.5. The van der Waals surface area contributed by atoms with E-state index in [2.05, 4.69) is 12.1 Å². The molecule has 1 heterocycles. The summed E-state index contributed by atoms with van der Waals surface area (Å²) in [5.74, 6) is 0. The van der Waals surface area contributed by atoms with Gasteiger partial charge < -0.3 is 0 Å². The fourth-order valence-corrected chi connectivity index (χ4v) is 3.09. The third-order valence-electron chi connectivity index (χ3n) is 4.09. The van der Waals surface area contributed by atoms with Crippen molar-refractivity contribution in [3.8, 4) is 5.69 Å². The van der Waals surface area contributed by atoms with Gasteiger partial charge in [-0.3, -0.25) is 9.48 Å². The van der Waals surface area contributed by atoms with Gasteiger partial charge in [0.1, 0.15) is 0 Å². The molecule has 0 radical (unpaired) electrons. The second kappa shape index (κ2) is 6.02. The molecular weight excluding hydrogens is 320 g/mol. The van der Waals surface area contributed by atoms with Crippen LogP contribution in [0.3, 0.4) is 0 Å². The van der Waals surface area contributed by atoms with E-state index in [9.17, 15) is 4.79 Å². The second-order valence-corrected chi connectivity index (χ2v) is 6.09. The van der Waals surface area contributed by atoms with E-state index in [1.54, 1.807) is 16.8 Å². The molecule has 0 unspecified atom stereocenters. The maximum absolute atomic E-state index is 12.9. The maximum atomic E-state index is 12.9. The van der Waals surface area contributed by atoms with E-state index in [0.717, 1.165) is 16.8 Å². The molecule has 4 rings (SSSR count). The zero-order valence-electron chi connectivity index (χ0n) is 12.9. The van der Waals surface area contributed by atoms with Crippen LogP contribution in [-0.2, 0) is 6.54 Å². The summed E-state index contributed by atoms with van der Waals surface area (Å²) in [6, 6.07) is 25.1. The maximum Gasteiger partial charge on any atom is 0.279 e. The molecule has 118 valence electrons. The summed E-state index contributed by atoms with van der Waals surface area (Å²) in [4.78, 5) is 12.9. The summed E-state index contributed by atoms with van der Waals surface area (Å²) in [6.07, 6.45) is 0. The molecule has 3 nitrogen and oxygen atoms in total. The van der Waals surface area contributed by atoms with Crippen LogP contribution in [0.15, 0.2) is 83.7 Å². The first-order valence-corrected chi connectivity index (χ1v) is 8.12. The number of halogens is 1. The Labute approximate surface area is 144 Å². The third kappa shape index (κ3) is 2.53. The van der Waals surface area contributed by atoms with Crippen molar-refractivity contribution in [2.24, 2.45) is 0 Å². The normalized spacial score (nSPS) is 11.0. The van der Waals surface area contributed by atoms with Gasteiger partial charge in [0.2, 0.25) is 0 Å². The first-order valence-electron chi connectivity index (χ1n) is 7.74. The average molecular weight is 335 g/mol. The van der Waals surface area contributed by atoms with Gasteiger partial charge in [-0.15, -0.1) is 0 Å². The number of benzene rings is 3. The molecule has 0 spiro atoms. The minimum absolute atomic E-state index is 0.0242. The smallest absolute Gasteiger partial charge is 0.273 e. The van der Waals surface area contributed by atoms with Gasteiger partial charge in [0.25, 0.3) is 5.56 Å². The van der Waals surface area contributed by atoms with E-state index < -0.39 is 0 Å². The summed E-state index contributed by atoms with van der Waals surface area (Å²) < 4.78 is 3.73. The Morgan fingerprint density at radius 1 is 0.792 bits per heavy atom. The molecular formula is C20H15ClN2O. The molecule has 0 atom stereocenters. The Balaban J connectivity index is 1.97. The quantitative estimate of drug-likeness (QED) is 0.542. The van der Waals surface area contributed by atoms with Crippen molar-refractivity contribution in [3.05, 3.63) is 99.8 Å². The SMILES string of the molecule is O=c1c2ccccc2n(Cc2ccccc2)n1-c1ccc(Cl)cc1. The lowest BCUT2D eigenvalue weighted by Crippen LogP contribution is -2.21. The Hall–Kier alpha value is -2.78. The first kappa shape index (κ1) is 14.8. The standard InChI is InChI=1S/C20H15ClN2O/c21-16-10-12-17(13-11-16)23-20(24)18-8-4-5-9-19(18)22(23)14-15-6-2-1-3-7-15/h1-13H,14H2. The van der Waals surface area contributed by atoms with Crippen LogP contribution in [0, 0.1) is 0 Å². The van der Waals surface area contributed by atoms with Crippen LogP contribution in [-0.4, -0.2) is 9.36 Å². The molecule has 3 aromatic carbocycles. The fourth-order valence-electron chi connectivity index (χ4n) is 2.96. The summed E-state index contributed by atoms with van der Waals surface area (Å²) >= 11 is 5.99. The number of nitrogens with zero attached hydrogens (tertiary/aromatic N) is 2. The number of para-hydroxylation sites is 1. The zero-order valence-corrected chi connectivity index (χ0v) is 13.6. The van der Waals surface area contributed by atoms with Crippen LogP contribution in [0.1, 0.15) is 5.56 Å². The minimum Gasteiger partial charge on any atom is -0.273 e. The van der Waals surface area contributed by atoms with E-state index in [1.165, 1.54) is 0 Å². The van der Waals surface area contributed by atoms with Crippen LogP contribution in [0.5, 0.6) is 0 Å². The Morgan fingerprint density at radius 2 is 1.46 bits per heavy atom. The van der Waals surface area contributed by atoms with E-state index >= 15 is 0 Å². The van der Waals surface area contributed by atoms with Crippen molar-refractivity contribution in [1.29, 1.82) is 0 Å². The highest BCUT2D eigenvalue weighted by Crippen LogP contribution is 2.18. The highest BCUT2D eigenvalue weighted by molar-refractivity contribution is 6.30. The lowest BCUT2D eigenvalue weighted by molar-refractivity contribution is 0.612. The third-order valence-corrected chi connectivity index (χ3v) is 4.34. The second-order valence-electron chi connectivity index (χ2n) is 5.65. The van der Waals surface area contributed by atoms with Crippen molar-refractivity contribution in [3.63, 3.8) is 0 Å². The predicted octanol–water partition coefficient (Wildman–Crippen LogP) is 4.49. The Morgan fingerprint density at radius 3 is 2.21 bits per heavy atom. The summed E-state index contributed by atoms with van der Waals surface area (Å²) in [5, 5.41) is 1.36. The zero-order chi connectivity index (χ0) is 16.5. The molecule has 0 aliphatic carbocycles. The van der Waals surface area contributed by atoms with Gasteiger partial charge in [0, 0.05) is 5.02 Å². The van der Waals surface area contributed by atoms with E-state index in [0.29, 0.717) is 17.0 Å². The topological polar surface area (TPSA) is 26.9 Å². The van der Waals surface area contributed by atoms with Gasteiger partial charge in [-0.2, -0.15) is 0 Å². The minimum atomic E-state index is -0.0242. The average Bonchev–Trinajstić information content (AvgIpc) is 2.89. The molecule has 0 fully saturated rings. The van der Waals surface area contributed by atoms with E-state index in [4.69, 9.17) is 11.6 Å². The summed E-state index contributed by atoms with van der Waals surface area (Å²) in [7, 11) is 0. The van der Waals surface area contributed by atoms with E-state index in [1.807, 2.05) is 59.3 Å². The van der Waals surface area contributed by atoms with Gasteiger partial charge in [-0.05, 0) is 42.0 Å². The number of hydrogen-bond acceptors (Lipinski definition) is 1. The lowest BCUT2D eigenvalue weighted by atomic mass is 10.2. The van der Waals surface area contributed by atoms with Crippen LogP contribution in [0.25, 0.3) is 16.6 Å². The van der Waals surface area contributed by atoms with Crippen LogP contribution < -0.4 is 5.56 Å². The molecule has 1 aromatic heterocycles. The Kier molecular flexibility index (Phi) is 3.71. The largest absolute Gasteiger partial charge is 0.279 e. The highest BCUT2D eigenvalue weighted by Gasteiger charge is 2.14. The van der Waals surface area contributed by atoms with Crippen LogP contribution >= 0.6 is 11.6 Å². The van der Waals surface area contributed by atoms with Gasteiger partial charge in [-0.25, -0.2) is 4.68 Å². The molecule has 4 heteroatoms. The van der Waals surface area contributed by atoms with Gasteiger partial charge in [-0.1, -0.05) is 54.1 Å². The van der Waals surface area contributed by atoms with Crippen molar-refractivity contribution < 1.29 is 0 Å². The molecule has 0 saturated carbocycles. The number of fused-ring (bicyclic) bond motifs is 1. The predicted molar refractivity (Wildman–Crippen MR) is 98.1 cm³/mol. The number of rotatable bonds is 3. The monoisotopic (exact) mass is 334 g/mol. The molecule has 0 N–H and O–H groups in total. The molecule has 0 saturated heterocycles. The molecule has 4 aromatic rings.